The molecule has 1 aromatic carbocycles. The van der Waals surface area contributed by atoms with Crippen LogP contribution in [0.25, 0.3) is 5.69 Å². The maximum absolute atomic E-state index is 13.2. The molecule has 0 unspecified atom stereocenters. The van der Waals surface area contributed by atoms with E-state index in [1.54, 1.807) is 21.5 Å². The van der Waals surface area contributed by atoms with Gasteiger partial charge in [0.1, 0.15) is 0 Å². The van der Waals surface area contributed by atoms with Crippen LogP contribution in [0.2, 0.25) is 0 Å². The highest BCUT2D eigenvalue weighted by Crippen LogP contribution is 2.72. The summed E-state index contributed by atoms with van der Waals surface area (Å²) in [7, 11) is 0. The van der Waals surface area contributed by atoms with Crippen molar-refractivity contribution in [2.45, 2.75) is 39.8 Å². The minimum absolute atomic E-state index is 0.128. The second kappa shape index (κ2) is 4.15. The van der Waals surface area contributed by atoms with Gasteiger partial charge < -0.3 is 0 Å². The van der Waals surface area contributed by atoms with Crippen molar-refractivity contribution < 1.29 is 0 Å². The molecule has 128 valence electrons. The standard InChI is InChI=1S/C20H21N3O2/c1-12-13(2)20(4)16-11-10-15(19(12,20)3)22-17(24)21(18(25)23(16)22)14-8-6-5-7-9-14/h5-11,15-16H,1-4H3/t15-,16-,19+,20+/m1/s1. The van der Waals surface area contributed by atoms with Gasteiger partial charge in [-0.1, -0.05) is 55.3 Å². The Morgan fingerprint density at radius 3 is 1.68 bits per heavy atom. The van der Waals surface area contributed by atoms with Crippen LogP contribution in [0.5, 0.6) is 0 Å². The first-order valence-electron chi connectivity index (χ1n) is 8.73. The molecule has 2 aromatic rings. The third kappa shape index (κ3) is 1.28. The van der Waals surface area contributed by atoms with Crippen LogP contribution < -0.4 is 11.4 Å². The van der Waals surface area contributed by atoms with E-state index in [4.69, 9.17) is 0 Å². The lowest BCUT2D eigenvalue weighted by Crippen LogP contribution is -2.65. The van der Waals surface area contributed by atoms with Crippen molar-refractivity contribution in [1.82, 2.24) is 13.9 Å². The van der Waals surface area contributed by atoms with Gasteiger partial charge in [-0.3, -0.25) is 0 Å². The Labute approximate surface area is 145 Å². The van der Waals surface area contributed by atoms with Crippen LogP contribution in [0.15, 0.2) is 63.2 Å². The van der Waals surface area contributed by atoms with E-state index < -0.39 is 0 Å². The van der Waals surface area contributed by atoms with Crippen LogP contribution in [0.1, 0.15) is 39.8 Å². The molecule has 2 aliphatic carbocycles. The van der Waals surface area contributed by atoms with E-state index in [-0.39, 0.29) is 34.3 Å². The number of benzene rings is 1. The van der Waals surface area contributed by atoms with E-state index in [0.717, 1.165) is 0 Å². The van der Waals surface area contributed by atoms with Gasteiger partial charge in [0.15, 0.2) is 0 Å². The Kier molecular flexibility index (Phi) is 2.45. The summed E-state index contributed by atoms with van der Waals surface area (Å²) in [5, 5.41) is 0. The van der Waals surface area contributed by atoms with Gasteiger partial charge in [0.25, 0.3) is 0 Å². The molecule has 25 heavy (non-hydrogen) atoms. The van der Waals surface area contributed by atoms with Gasteiger partial charge in [-0.05, 0) is 26.0 Å². The molecule has 0 amide bonds. The van der Waals surface area contributed by atoms with Gasteiger partial charge in [-0.2, -0.15) is 0 Å². The molecule has 5 heteroatoms. The van der Waals surface area contributed by atoms with Crippen LogP contribution in [-0.2, 0) is 0 Å². The Morgan fingerprint density at radius 1 is 0.800 bits per heavy atom. The van der Waals surface area contributed by atoms with Crippen molar-refractivity contribution in [2.75, 3.05) is 0 Å². The van der Waals surface area contributed by atoms with Crippen molar-refractivity contribution >= 4 is 0 Å². The van der Waals surface area contributed by atoms with Crippen LogP contribution in [0.4, 0.5) is 0 Å². The summed E-state index contributed by atoms with van der Waals surface area (Å²) in [5.74, 6) is 0. The minimum atomic E-state index is -0.254. The van der Waals surface area contributed by atoms with Crippen molar-refractivity contribution in [1.29, 1.82) is 0 Å². The average Bonchev–Trinajstić information content (AvgIpc) is 2.90. The van der Waals surface area contributed by atoms with Gasteiger partial charge in [0.2, 0.25) is 0 Å². The smallest absolute Gasteiger partial charge is 0.245 e. The van der Waals surface area contributed by atoms with E-state index in [1.807, 2.05) is 18.2 Å². The fourth-order valence-corrected chi connectivity index (χ4v) is 5.58. The summed E-state index contributed by atoms with van der Waals surface area (Å²) < 4.78 is 4.66. The summed E-state index contributed by atoms with van der Waals surface area (Å²) in [6.45, 7) is 8.79. The predicted molar refractivity (Wildman–Crippen MR) is 96.1 cm³/mol. The largest absolute Gasteiger partial charge is 0.352 e. The molecule has 5 nitrogen and oxygen atoms in total. The van der Waals surface area contributed by atoms with Gasteiger partial charge >= 0.3 is 11.4 Å². The molecule has 4 atom stereocenters. The zero-order valence-electron chi connectivity index (χ0n) is 14.9. The first-order valence-corrected chi connectivity index (χ1v) is 8.73. The number of para-hydroxylation sites is 1. The second-order valence-corrected chi connectivity index (χ2v) is 7.85. The lowest BCUT2D eigenvalue weighted by molar-refractivity contribution is -0.0483. The van der Waals surface area contributed by atoms with Gasteiger partial charge in [-0.15, -0.1) is 0 Å². The lowest BCUT2D eigenvalue weighted by atomic mass is 9.41. The SMILES string of the molecule is CC1=C(C)[C@@]2(C)[C@H]3C=C[C@@H](n4c(=O)n(-c5ccccc5)c(=O)n43)[C@]12C. The summed E-state index contributed by atoms with van der Waals surface area (Å²) in [5.41, 5.74) is 2.54. The van der Waals surface area contributed by atoms with Crippen LogP contribution in [0, 0.1) is 10.8 Å². The monoisotopic (exact) mass is 335 g/mol. The molecule has 3 heterocycles. The Morgan fingerprint density at radius 2 is 1.24 bits per heavy atom. The maximum atomic E-state index is 13.2. The predicted octanol–water partition coefficient (Wildman–Crippen LogP) is 2.83. The fraction of sp³-hybridized carbons (Fsp3) is 0.400. The highest BCUT2D eigenvalue weighted by molar-refractivity contribution is 5.49. The summed E-state index contributed by atoms with van der Waals surface area (Å²) in [6, 6.07) is 8.92. The molecular weight excluding hydrogens is 314 g/mol. The van der Waals surface area contributed by atoms with E-state index >= 15 is 0 Å². The third-order valence-electron chi connectivity index (χ3n) is 7.41. The molecule has 0 radical (unpaired) electrons. The number of nitrogens with zero attached hydrogens (tertiary/aromatic N) is 3. The quantitative estimate of drug-likeness (QED) is 0.753. The van der Waals surface area contributed by atoms with E-state index in [9.17, 15) is 9.59 Å². The zero-order chi connectivity index (χ0) is 17.7. The number of aromatic nitrogens is 3. The number of rotatable bonds is 1. The van der Waals surface area contributed by atoms with Gasteiger partial charge in [0, 0.05) is 10.8 Å². The Bertz CT molecular complexity index is 1030. The van der Waals surface area contributed by atoms with Gasteiger partial charge in [0.05, 0.1) is 17.8 Å². The molecule has 0 spiro atoms. The number of allylic oxidation sites excluding steroid dienone is 4. The van der Waals surface area contributed by atoms with E-state index in [0.29, 0.717) is 5.69 Å². The first-order chi connectivity index (χ1) is 11.8. The number of hydrogen-bond acceptors (Lipinski definition) is 2. The lowest BCUT2D eigenvalue weighted by Gasteiger charge is -2.67. The van der Waals surface area contributed by atoms with Crippen molar-refractivity contribution in [3.8, 4) is 5.69 Å². The Hall–Kier alpha value is -2.56. The zero-order valence-corrected chi connectivity index (χ0v) is 14.9. The second-order valence-electron chi connectivity index (χ2n) is 7.85. The summed E-state index contributed by atoms with van der Waals surface area (Å²) >= 11 is 0. The molecule has 6 rings (SSSR count). The summed E-state index contributed by atoms with van der Waals surface area (Å²) in [6.07, 6.45) is 4.22. The molecule has 0 saturated heterocycles. The van der Waals surface area contributed by atoms with Gasteiger partial charge in [-0.25, -0.2) is 23.5 Å². The number of hydrogen-bond donors (Lipinski definition) is 0. The molecule has 0 saturated carbocycles. The maximum Gasteiger partial charge on any atom is 0.352 e. The molecule has 0 fully saturated rings. The molecule has 4 aliphatic rings. The molecule has 2 bridgehead atoms. The Balaban J connectivity index is 1.85. The first kappa shape index (κ1) is 14.8. The molecule has 2 aliphatic heterocycles. The van der Waals surface area contributed by atoms with Crippen molar-refractivity contribution in [2.24, 2.45) is 10.8 Å². The highest BCUT2D eigenvalue weighted by atomic mass is 16.2. The topological polar surface area (TPSA) is 48.9 Å². The van der Waals surface area contributed by atoms with Crippen LogP contribution >= 0.6 is 0 Å². The van der Waals surface area contributed by atoms with Crippen molar-refractivity contribution in [3.63, 3.8) is 0 Å². The highest BCUT2D eigenvalue weighted by Gasteiger charge is 2.68. The van der Waals surface area contributed by atoms with E-state index in [2.05, 4.69) is 39.8 Å². The third-order valence-corrected chi connectivity index (χ3v) is 7.41. The summed E-state index contributed by atoms with van der Waals surface area (Å²) in [4.78, 5) is 26.4. The van der Waals surface area contributed by atoms with Crippen LogP contribution in [0.3, 0.4) is 0 Å². The molecule has 0 N–H and O–H groups in total. The average molecular weight is 335 g/mol. The molecule has 1 aromatic heterocycles. The minimum Gasteiger partial charge on any atom is -0.245 e. The van der Waals surface area contributed by atoms with Crippen LogP contribution in [-0.4, -0.2) is 13.9 Å². The molecular formula is C20H21N3O2. The van der Waals surface area contributed by atoms with E-state index in [1.165, 1.54) is 15.7 Å². The fourth-order valence-electron chi connectivity index (χ4n) is 5.58. The normalized spacial score (nSPS) is 34.7. The van der Waals surface area contributed by atoms with Crippen molar-refractivity contribution in [3.05, 3.63) is 74.6 Å².